The van der Waals surface area contributed by atoms with Crippen molar-refractivity contribution in [1.82, 2.24) is 4.90 Å². The highest BCUT2D eigenvalue weighted by Gasteiger charge is 2.32. The molecule has 1 fully saturated rings. The predicted molar refractivity (Wildman–Crippen MR) is 69.8 cm³/mol. The highest BCUT2D eigenvalue weighted by Crippen LogP contribution is 2.30. The molecule has 3 heteroatoms. The Morgan fingerprint density at radius 1 is 1.25 bits per heavy atom. The van der Waals surface area contributed by atoms with E-state index in [0.29, 0.717) is 5.84 Å². The Morgan fingerprint density at radius 2 is 1.88 bits per heavy atom. The van der Waals surface area contributed by atoms with Crippen LogP contribution < -0.4 is 5.73 Å². The number of nitrogens with two attached hydrogens (primary N) is 1. The zero-order valence-electron chi connectivity index (χ0n) is 10.9. The quantitative estimate of drug-likeness (QED) is 0.415. The summed E-state index contributed by atoms with van der Waals surface area (Å²) in [6.07, 6.45) is 7.45. The minimum absolute atomic E-state index is 0.0279. The molecule has 0 radical (unpaired) electrons. The summed E-state index contributed by atoms with van der Waals surface area (Å²) in [5.74, 6) is 0.373. The Hall–Kier alpha value is -0.570. The van der Waals surface area contributed by atoms with Crippen molar-refractivity contribution < 1.29 is 0 Å². The number of rotatable bonds is 6. The lowest BCUT2D eigenvalue weighted by molar-refractivity contribution is 0.160. The van der Waals surface area contributed by atoms with Gasteiger partial charge in [0.15, 0.2) is 0 Å². The number of unbranched alkanes of at least 4 members (excludes halogenated alkanes) is 3. The number of piperidine rings is 1. The van der Waals surface area contributed by atoms with E-state index in [1.807, 2.05) is 0 Å². The summed E-state index contributed by atoms with van der Waals surface area (Å²) in [7, 11) is 0. The van der Waals surface area contributed by atoms with Crippen LogP contribution in [0.15, 0.2) is 0 Å². The van der Waals surface area contributed by atoms with Crippen molar-refractivity contribution >= 4 is 5.84 Å². The monoisotopic (exact) mass is 225 g/mol. The molecule has 3 nitrogen and oxygen atoms in total. The minimum Gasteiger partial charge on any atom is -0.387 e. The first-order valence-corrected chi connectivity index (χ1v) is 6.65. The molecule has 1 saturated heterocycles. The van der Waals surface area contributed by atoms with E-state index in [1.165, 1.54) is 32.2 Å². The third-order valence-corrected chi connectivity index (χ3v) is 3.94. The fraction of sp³-hybridized carbons (Fsp3) is 0.923. The molecule has 3 N–H and O–H groups in total. The molecule has 0 amide bonds. The van der Waals surface area contributed by atoms with Gasteiger partial charge in [0.05, 0.1) is 5.84 Å². The summed E-state index contributed by atoms with van der Waals surface area (Å²) < 4.78 is 0. The summed E-state index contributed by atoms with van der Waals surface area (Å²) in [6, 6.07) is 0. The summed E-state index contributed by atoms with van der Waals surface area (Å²) in [4.78, 5) is 2.53. The van der Waals surface area contributed by atoms with E-state index in [-0.39, 0.29) is 5.41 Å². The van der Waals surface area contributed by atoms with E-state index in [0.717, 1.165) is 25.9 Å². The van der Waals surface area contributed by atoms with Gasteiger partial charge in [-0.1, -0.05) is 33.1 Å². The molecule has 1 aliphatic rings. The van der Waals surface area contributed by atoms with Crippen LogP contribution in [-0.4, -0.2) is 30.4 Å². The molecule has 1 heterocycles. The topological polar surface area (TPSA) is 53.1 Å². The zero-order chi connectivity index (χ0) is 12.0. The summed E-state index contributed by atoms with van der Waals surface area (Å²) in [6.45, 7) is 7.83. The molecule has 0 unspecified atom stereocenters. The van der Waals surface area contributed by atoms with Gasteiger partial charge in [-0.2, -0.15) is 0 Å². The van der Waals surface area contributed by atoms with Crippen LogP contribution in [0.3, 0.4) is 0 Å². The number of likely N-dealkylation sites (tertiary alicyclic amines) is 1. The van der Waals surface area contributed by atoms with Crippen LogP contribution in [0, 0.1) is 10.8 Å². The van der Waals surface area contributed by atoms with Crippen molar-refractivity contribution in [1.29, 1.82) is 5.41 Å². The molecule has 1 rings (SSSR count). The molecule has 0 aliphatic carbocycles. The Kier molecular flexibility index (Phi) is 5.26. The van der Waals surface area contributed by atoms with Gasteiger partial charge in [0.1, 0.15) is 0 Å². The fourth-order valence-corrected chi connectivity index (χ4v) is 2.30. The van der Waals surface area contributed by atoms with E-state index < -0.39 is 0 Å². The lowest BCUT2D eigenvalue weighted by Gasteiger charge is -2.38. The van der Waals surface area contributed by atoms with E-state index >= 15 is 0 Å². The molecule has 0 aromatic rings. The predicted octanol–water partition coefficient (Wildman–Crippen LogP) is 2.60. The number of hydrogen-bond acceptors (Lipinski definition) is 2. The van der Waals surface area contributed by atoms with Gasteiger partial charge in [0.25, 0.3) is 0 Å². The van der Waals surface area contributed by atoms with Crippen molar-refractivity contribution in [3.63, 3.8) is 0 Å². The van der Waals surface area contributed by atoms with Crippen molar-refractivity contribution in [3.05, 3.63) is 0 Å². The van der Waals surface area contributed by atoms with Gasteiger partial charge in [-0.3, -0.25) is 5.41 Å². The molecule has 0 saturated carbocycles. The maximum Gasteiger partial charge on any atom is 0.0966 e. The van der Waals surface area contributed by atoms with E-state index in [4.69, 9.17) is 11.1 Å². The molecule has 0 atom stereocenters. The number of nitrogens with zero attached hydrogens (tertiary/aromatic N) is 1. The molecule has 1 aliphatic heterocycles. The summed E-state index contributed by atoms with van der Waals surface area (Å²) >= 11 is 0. The Balaban J connectivity index is 2.19. The summed E-state index contributed by atoms with van der Waals surface area (Å²) in [5, 5.41) is 7.60. The van der Waals surface area contributed by atoms with Crippen molar-refractivity contribution in [2.75, 3.05) is 19.6 Å². The second-order valence-electron chi connectivity index (χ2n) is 5.38. The minimum atomic E-state index is -0.0279. The molecule has 0 spiro atoms. The van der Waals surface area contributed by atoms with Crippen molar-refractivity contribution in [3.8, 4) is 0 Å². The largest absolute Gasteiger partial charge is 0.387 e. The molecule has 94 valence electrons. The first-order chi connectivity index (χ1) is 7.58. The summed E-state index contributed by atoms with van der Waals surface area (Å²) in [5.41, 5.74) is 5.62. The molecule has 16 heavy (non-hydrogen) atoms. The van der Waals surface area contributed by atoms with Crippen LogP contribution in [-0.2, 0) is 0 Å². The van der Waals surface area contributed by atoms with E-state index in [9.17, 15) is 0 Å². The van der Waals surface area contributed by atoms with Crippen LogP contribution >= 0.6 is 0 Å². The SMILES string of the molecule is CCCCCCN1CCC(C)(C(=N)N)CC1. The first kappa shape index (κ1) is 13.5. The van der Waals surface area contributed by atoms with Gasteiger partial charge in [-0.05, 0) is 38.9 Å². The van der Waals surface area contributed by atoms with Gasteiger partial charge < -0.3 is 10.6 Å². The Bertz CT molecular complexity index is 217. The third-order valence-electron chi connectivity index (χ3n) is 3.94. The van der Waals surface area contributed by atoms with Gasteiger partial charge in [-0.15, -0.1) is 0 Å². The van der Waals surface area contributed by atoms with Crippen LogP contribution in [0.2, 0.25) is 0 Å². The first-order valence-electron chi connectivity index (χ1n) is 6.65. The third kappa shape index (κ3) is 3.78. The van der Waals surface area contributed by atoms with Crippen molar-refractivity contribution in [2.45, 2.75) is 52.4 Å². The van der Waals surface area contributed by atoms with Crippen LogP contribution in [0.5, 0.6) is 0 Å². The smallest absolute Gasteiger partial charge is 0.0966 e. The van der Waals surface area contributed by atoms with Gasteiger partial charge >= 0.3 is 0 Å². The van der Waals surface area contributed by atoms with Crippen LogP contribution in [0.25, 0.3) is 0 Å². The lowest BCUT2D eigenvalue weighted by atomic mass is 9.79. The fourth-order valence-electron chi connectivity index (χ4n) is 2.30. The second kappa shape index (κ2) is 6.24. The lowest BCUT2D eigenvalue weighted by Crippen LogP contribution is -2.45. The highest BCUT2D eigenvalue weighted by atomic mass is 15.1. The number of nitrogens with one attached hydrogen (secondary N) is 1. The Morgan fingerprint density at radius 3 is 2.38 bits per heavy atom. The van der Waals surface area contributed by atoms with Crippen LogP contribution in [0.4, 0.5) is 0 Å². The molecular weight excluding hydrogens is 198 g/mol. The van der Waals surface area contributed by atoms with Gasteiger partial charge in [0.2, 0.25) is 0 Å². The molecular formula is C13H27N3. The van der Waals surface area contributed by atoms with Gasteiger partial charge in [-0.25, -0.2) is 0 Å². The second-order valence-corrected chi connectivity index (χ2v) is 5.38. The Labute approximate surface area is 99.9 Å². The zero-order valence-corrected chi connectivity index (χ0v) is 10.9. The average molecular weight is 225 g/mol. The van der Waals surface area contributed by atoms with E-state index in [1.54, 1.807) is 0 Å². The molecule has 0 aromatic carbocycles. The highest BCUT2D eigenvalue weighted by molar-refractivity contribution is 5.83. The number of amidine groups is 1. The molecule has 0 aromatic heterocycles. The van der Waals surface area contributed by atoms with Crippen molar-refractivity contribution in [2.24, 2.45) is 11.1 Å². The standard InChI is InChI=1S/C13H27N3/c1-3-4-5-6-9-16-10-7-13(2,8-11-16)12(14)15/h3-11H2,1-2H3,(H3,14,15). The maximum absolute atomic E-state index is 7.60. The van der Waals surface area contributed by atoms with Crippen LogP contribution in [0.1, 0.15) is 52.4 Å². The molecule has 0 bridgehead atoms. The maximum atomic E-state index is 7.60. The number of hydrogen-bond donors (Lipinski definition) is 2. The van der Waals surface area contributed by atoms with E-state index in [2.05, 4.69) is 18.7 Å². The normalized spacial score (nSPS) is 20.9. The average Bonchev–Trinajstić information content (AvgIpc) is 2.27. The van der Waals surface area contributed by atoms with Gasteiger partial charge in [0, 0.05) is 5.41 Å².